The average molecular weight is 382 g/mol. The van der Waals surface area contributed by atoms with Gasteiger partial charge in [0.1, 0.15) is 5.75 Å². The van der Waals surface area contributed by atoms with Gasteiger partial charge in [0.25, 0.3) is 0 Å². The Morgan fingerprint density at radius 3 is 2.34 bits per heavy atom. The number of amides is 1. The van der Waals surface area contributed by atoms with E-state index in [1.807, 2.05) is 43.3 Å². The Hall–Kier alpha value is -3.91. The van der Waals surface area contributed by atoms with Crippen LogP contribution in [-0.4, -0.2) is 18.3 Å². The van der Waals surface area contributed by atoms with Gasteiger partial charge in [-0.1, -0.05) is 24.3 Å². The molecule has 0 unspecified atom stereocenters. The number of nitrogens with zero attached hydrogens (tertiary/aromatic N) is 1. The van der Waals surface area contributed by atoms with Gasteiger partial charge in [0, 0.05) is 11.3 Å². The number of anilines is 1. The summed E-state index contributed by atoms with van der Waals surface area (Å²) >= 11 is 0. The third kappa shape index (κ3) is 3.74. The highest BCUT2D eigenvalue weighted by Crippen LogP contribution is 2.32. The van der Waals surface area contributed by atoms with Crippen molar-refractivity contribution in [1.29, 1.82) is 5.26 Å². The minimum Gasteiger partial charge on any atom is -0.485 e. The van der Waals surface area contributed by atoms with Crippen molar-refractivity contribution < 1.29 is 14.3 Å². The lowest BCUT2D eigenvalue weighted by Crippen LogP contribution is -2.12. The maximum Gasteiger partial charge on any atom is 0.231 e. The van der Waals surface area contributed by atoms with Crippen LogP contribution in [0.2, 0.25) is 0 Å². The predicted octanol–water partition coefficient (Wildman–Crippen LogP) is 4.54. The first-order valence-electron chi connectivity index (χ1n) is 9.26. The maximum atomic E-state index is 12.5. The molecule has 0 fully saturated rings. The van der Waals surface area contributed by atoms with Crippen molar-refractivity contribution in [3.05, 3.63) is 83.4 Å². The van der Waals surface area contributed by atoms with Gasteiger partial charge in [0.2, 0.25) is 5.91 Å². The van der Waals surface area contributed by atoms with E-state index in [-0.39, 0.29) is 24.2 Å². The van der Waals surface area contributed by atoms with Gasteiger partial charge >= 0.3 is 0 Å². The summed E-state index contributed by atoms with van der Waals surface area (Å²) in [7, 11) is 0. The van der Waals surface area contributed by atoms with Gasteiger partial charge in [-0.3, -0.25) is 9.59 Å². The van der Waals surface area contributed by atoms with E-state index in [9.17, 15) is 9.59 Å². The van der Waals surface area contributed by atoms with E-state index in [1.54, 1.807) is 30.3 Å². The number of hydrogen-bond donors (Lipinski definition) is 1. The first kappa shape index (κ1) is 18.5. The topological polar surface area (TPSA) is 79.2 Å². The lowest BCUT2D eigenvalue weighted by molar-refractivity contribution is -0.116. The fourth-order valence-corrected chi connectivity index (χ4v) is 3.30. The number of benzene rings is 3. The van der Waals surface area contributed by atoms with E-state index >= 15 is 0 Å². The fourth-order valence-electron chi connectivity index (χ4n) is 3.30. The summed E-state index contributed by atoms with van der Waals surface area (Å²) in [6, 6.07) is 22.1. The SMILES string of the molecule is C[C@@H]1C(=O)Nc2ccc(C(=O)COc3ccc(-c4ccc(C#N)cc4)cc3)cc21. The lowest BCUT2D eigenvalue weighted by atomic mass is 9.99. The van der Waals surface area contributed by atoms with Crippen molar-refractivity contribution in [3.63, 3.8) is 0 Å². The summed E-state index contributed by atoms with van der Waals surface area (Å²) in [5.74, 6) is 0.147. The van der Waals surface area contributed by atoms with Crippen molar-refractivity contribution in [2.75, 3.05) is 11.9 Å². The smallest absolute Gasteiger partial charge is 0.231 e. The zero-order valence-electron chi connectivity index (χ0n) is 15.8. The van der Waals surface area contributed by atoms with E-state index in [0.29, 0.717) is 16.9 Å². The molecule has 0 aromatic heterocycles. The zero-order chi connectivity index (χ0) is 20.4. The van der Waals surface area contributed by atoms with Crippen LogP contribution in [0, 0.1) is 11.3 Å². The molecule has 0 spiro atoms. The van der Waals surface area contributed by atoms with Gasteiger partial charge in [0.05, 0.1) is 17.6 Å². The summed E-state index contributed by atoms with van der Waals surface area (Å²) in [5, 5.41) is 11.7. The Kier molecular flexibility index (Phi) is 4.84. The molecule has 1 heterocycles. The second kappa shape index (κ2) is 7.61. The average Bonchev–Trinajstić information content (AvgIpc) is 3.05. The maximum absolute atomic E-state index is 12.5. The molecular formula is C24H18N2O3. The third-order valence-corrected chi connectivity index (χ3v) is 5.06. The molecule has 5 nitrogen and oxygen atoms in total. The van der Waals surface area contributed by atoms with E-state index < -0.39 is 0 Å². The second-order valence-corrected chi connectivity index (χ2v) is 6.94. The predicted molar refractivity (Wildman–Crippen MR) is 110 cm³/mol. The van der Waals surface area contributed by atoms with E-state index in [2.05, 4.69) is 11.4 Å². The first-order valence-corrected chi connectivity index (χ1v) is 9.26. The number of nitriles is 1. The largest absolute Gasteiger partial charge is 0.485 e. The molecule has 0 aliphatic carbocycles. The number of carbonyl (C=O) groups is 2. The van der Waals surface area contributed by atoms with Gasteiger partial charge in [0.15, 0.2) is 12.4 Å². The second-order valence-electron chi connectivity index (χ2n) is 6.94. The number of fused-ring (bicyclic) bond motifs is 1. The minimum atomic E-state index is -0.256. The van der Waals surface area contributed by atoms with Crippen molar-refractivity contribution in [2.45, 2.75) is 12.8 Å². The number of nitrogens with one attached hydrogen (secondary N) is 1. The van der Waals surface area contributed by atoms with Gasteiger partial charge in [-0.15, -0.1) is 0 Å². The van der Waals surface area contributed by atoms with Crippen LogP contribution in [0.3, 0.4) is 0 Å². The van der Waals surface area contributed by atoms with Crippen molar-refractivity contribution in [3.8, 4) is 22.9 Å². The van der Waals surface area contributed by atoms with E-state index in [0.717, 1.165) is 22.4 Å². The molecule has 1 amide bonds. The number of rotatable bonds is 5. The quantitative estimate of drug-likeness (QED) is 0.657. The van der Waals surface area contributed by atoms with Crippen LogP contribution in [0.25, 0.3) is 11.1 Å². The number of hydrogen-bond acceptors (Lipinski definition) is 4. The van der Waals surface area contributed by atoms with Crippen LogP contribution in [0.15, 0.2) is 66.7 Å². The molecule has 1 aliphatic heterocycles. The Labute approximate surface area is 168 Å². The molecule has 1 N–H and O–H groups in total. The number of carbonyl (C=O) groups excluding carboxylic acids is 2. The van der Waals surface area contributed by atoms with Crippen LogP contribution < -0.4 is 10.1 Å². The summed E-state index contributed by atoms with van der Waals surface area (Å²) in [6.07, 6.45) is 0. The normalized spacial score (nSPS) is 14.6. The molecule has 1 aliphatic rings. The van der Waals surface area contributed by atoms with Crippen LogP contribution in [0.5, 0.6) is 5.75 Å². The van der Waals surface area contributed by atoms with Gasteiger partial charge < -0.3 is 10.1 Å². The molecule has 3 aromatic carbocycles. The lowest BCUT2D eigenvalue weighted by Gasteiger charge is -2.09. The van der Waals surface area contributed by atoms with Crippen molar-refractivity contribution in [2.24, 2.45) is 0 Å². The van der Waals surface area contributed by atoms with Crippen LogP contribution in [0.1, 0.15) is 34.3 Å². The molecule has 0 saturated carbocycles. The molecule has 29 heavy (non-hydrogen) atoms. The standard InChI is InChI=1S/C24H18N2O3/c1-15-21-12-19(8-11-22(21)26-24(15)28)23(27)14-29-20-9-6-18(7-10-20)17-4-2-16(13-25)3-5-17/h2-12,15H,14H2,1H3,(H,26,28)/t15-/m0/s1. The number of ketones is 1. The molecule has 1 atom stereocenters. The van der Waals surface area contributed by atoms with Crippen LogP contribution in [0.4, 0.5) is 5.69 Å². The van der Waals surface area contributed by atoms with Gasteiger partial charge in [-0.25, -0.2) is 0 Å². The Bertz CT molecular complexity index is 1130. The fraction of sp³-hybridized carbons (Fsp3) is 0.125. The third-order valence-electron chi connectivity index (χ3n) is 5.06. The Morgan fingerprint density at radius 2 is 1.69 bits per heavy atom. The van der Waals surface area contributed by atoms with Gasteiger partial charge in [-0.05, 0) is 66.1 Å². The van der Waals surface area contributed by atoms with E-state index in [1.165, 1.54) is 0 Å². The van der Waals surface area contributed by atoms with Crippen molar-refractivity contribution in [1.82, 2.24) is 0 Å². The molecule has 3 aromatic rings. The van der Waals surface area contributed by atoms with Crippen LogP contribution >= 0.6 is 0 Å². The molecule has 0 radical (unpaired) electrons. The highest BCUT2D eigenvalue weighted by Gasteiger charge is 2.27. The molecule has 0 saturated heterocycles. The minimum absolute atomic E-state index is 0.0526. The highest BCUT2D eigenvalue weighted by atomic mass is 16.5. The molecular weight excluding hydrogens is 364 g/mol. The molecule has 142 valence electrons. The first-order chi connectivity index (χ1) is 14.0. The van der Waals surface area contributed by atoms with Crippen LogP contribution in [-0.2, 0) is 4.79 Å². The van der Waals surface area contributed by atoms with E-state index in [4.69, 9.17) is 10.00 Å². The number of ether oxygens (including phenoxy) is 1. The van der Waals surface area contributed by atoms with Crippen molar-refractivity contribution >= 4 is 17.4 Å². The summed E-state index contributed by atoms with van der Waals surface area (Å²) in [5.41, 5.74) is 4.75. The molecule has 0 bridgehead atoms. The zero-order valence-corrected chi connectivity index (χ0v) is 15.8. The van der Waals surface area contributed by atoms with Gasteiger partial charge in [-0.2, -0.15) is 5.26 Å². The summed E-state index contributed by atoms with van der Waals surface area (Å²) in [4.78, 5) is 24.2. The highest BCUT2D eigenvalue weighted by molar-refractivity contribution is 6.05. The monoisotopic (exact) mass is 382 g/mol. The molecule has 5 heteroatoms. The Balaban J connectivity index is 1.41. The summed E-state index contributed by atoms with van der Waals surface area (Å²) in [6.45, 7) is 1.74. The molecule has 4 rings (SSSR count). The summed E-state index contributed by atoms with van der Waals surface area (Å²) < 4.78 is 5.64. The Morgan fingerprint density at radius 1 is 1.03 bits per heavy atom. The number of Topliss-reactive ketones (excluding diaryl/α,β-unsaturated/α-hetero) is 1.